The molecule has 1 aliphatic rings. The minimum atomic E-state index is 0.143. The molecule has 0 aliphatic carbocycles. The Kier molecular flexibility index (Phi) is 3.96. The van der Waals surface area contributed by atoms with Crippen LogP contribution in [0.25, 0.3) is 27.7 Å². The number of amides is 1. The van der Waals surface area contributed by atoms with Gasteiger partial charge in [-0.3, -0.25) is 4.79 Å². The van der Waals surface area contributed by atoms with E-state index in [-0.39, 0.29) is 11.9 Å². The number of nitrogens with zero attached hydrogens (tertiary/aromatic N) is 5. The van der Waals surface area contributed by atoms with Gasteiger partial charge in [0.1, 0.15) is 5.65 Å². The first-order valence-corrected chi connectivity index (χ1v) is 9.47. The standard InChI is InChI=1S/C20H21N7O/c1-13(28)26-7-4-15(5-8-26)24-20-22-12-18-17(11-21-19(18)25-20)14-3-9-27-16(10-14)2-6-23-27/h2-3,6,9-12,15H,4-5,7-8H2,1H3,(H2,21,22,24,25). The molecule has 0 radical (unpaired) electrons. The van der Waals surface area contributed by atoms with Crippen molar-refractivity contribution >= 4 is 28.4 Å². The number of fused-ring (bicyclic) bond motifs is 2. The molecule has 0 saturated carbocycles. The summed E-state index contributed by atoms with van der Waals surface area (Å²) < 4.78 is 1.84. The van der Waals surface area contributed by atoms with Crippen LogP contribution in [0.3, 0.4) is 0 Å². The fraction of sp³-hybridized carbons (Fsp3) is 0.300. The van der Waals surface area contributed by atoms with Gasteiger partial charge in [0.2, 0.25) is 11.9 Å². The van der Waals surface area contributed by atoms with Gasteiger partial charge in [-0.1, -0.05) is 0 Å². The maximum absolute atomic E-state index is 11.5. The summed E-state index contributed by atoms with van der Waals surface area (Å²) in [7, 11) is 0. The van der Waals surface area contributed by atoms with Crippen molar-refractivity contribution in [2.24, 2.45) is 0 Å². The number of nitrogens with one attached hydrogen (secondary N) is 2. The third kappa shape index (κ3) is 2.96. The van der Waals surface area contributed by atoms with Crippen LogP contribution in [0.15, 0.2) is 43.0 Å². The number of carbonyl (C=O) groups excluding carboxylic acids is 1. The van der Waals surface area contributed by atoms with Gasteiger partial charge in [0.25, 0.3) is 0 Å². The fourth-order valence-electron chi connectivity index (χ4n) is 3.83. The van der Waals surface area contributed by atoms with Crippen LogP contribution in [0.5, 0.6) is 0 Å². The van der Waals surface area contributed by atoms with Gasteiger partial charge >= 0.3 is 0 Å². The molecule has 4 aromatic rings. The zero-order valence-electron chi connectivity index (χ0n) is 15.6. The monoisotopic (exact) mass is 375 g/mol. The molecule has 1 amide bonds. The van der Waals surface area contributed by atoms with Crippen LogP contribution in [0.1, 0.15) is 19.8 Å². The van der Waals surface area contributed by atoms with Crippen LogP contribution in [-0.2, 0) is 4.79 Å². The van der Waals surface area contributed by atoms with Crippen molar-refractivity contribution in [3.05, 3.63) is 43.0 Å². The molecule has 142 valence electrons. The van der Waals surface area contributed by atoms with Gasteiger partial charge in [-0.05, 0) is 36.6 Å². The predicted octanol–water partition coefficient (Wildman–Crippen LogP) is 2.70. The van der Waals surface area contributed by atoms with Gasteiger partial charge in [0, 0.05) is 61.8 Å². The first-order valence-electron chi connectivity index (χ1n) is 9.47. The highest BCUT2D eigenvalue weighted by Gasteiger charge is 2.21. The normalized spacial score (nSPS) is 15.4. The Balaban J connectivity index is 1.37. The molecule has 0 unspecified atom stereocenters. The highest BCUT2D eigenvalue weighted by Crippen LogP contribution is 2.28. The molecule has 1 fully saturated rings. The SMILES string of the molecule is CC(=O)N1CCC(Nc2ncc3c(-c4ccn5nccc5c4)c[nH]c3n2)CC1. The molecule has 28 heavy (non-hydrogen) atoms. The summed E-state index contributed by atoms with van der Waals surface area (Å²) in [5.74, 6) is 0.762. The first-order chi connectivity index (χ1) is 13.7. The largest absolute Gasteiger partial charge is 0.351 e. The molecule has 0 bridgehead atoms. The van der Waals surface area contributed by atoms with E-state index in [0.29, 0.717) is 5.95 Å². The Labute approximate surface area is 161 Å². The molecule has 0 aromatic carbocycles. The summed E-state index contributed by atoms with van der Waals surface area (Å²) in [5, 5.41) is 8.64. The Morgan fingerprint density at radius 3 is 2.96 bits per heavy atom. The van der Waals surface area contributed by atoms with Crippen LogP contribution in [0, 0.1) is 0 Å². The smallest absolute Gasteiger partial charge is 0.224 e. The van der Waals surface area contributed by atoms with E-state index in [1.807, 2.05) is 40.1 Å². The number of likely N-dealkylation sites (tertiary alicyclic amines) is 1. The summed E-state index contributed by atoms with van der Waals surface area (Å²) in [6, 6.07) is 6.41. The van der Waals surface area contributed by atoms with E-state index in [4.69, 9.17) is 0 Å². The van der Waals surface area contributed by atoms with Gasteiger partial charge in [0.05, 0.1) is 5.52 Å². The first kappa shape index (κ1) is 16.7. The lowest BCUT2D eigenvalue weighted by atomic mass is 10.1. The van der Waals surface area contributed by atoms with Crippen LogP contribution in [0.2, 0.25) is 0 Å². The van der Waals surface area contributed by atoms with Gasteiger partial charge in [-0.25, -0.2) is 9.50 Å². The van der Waals surface area contributed by atoms with Crippen molar-refractivity contribution in [2.45, 2.75) is 25.8 Å². The van der Waals surface area contributed by atoms with Crippen molar-refractivity contribution in [3.63, 3.8) is 0 Å². The predicted molar refractivity (Wildman–Crippen MR) is 107 cm³/mol. The highest BCUT2D eigenvalue weighted by atomic mass is 16.2. The Morgan fingerprint density at radius 2 is 2.14 bits per heavy atom. The van der Waals surface area contributed by atoms with Crippen LogP contribution < -0.4 is 5.32 Å². The zero-order chi connectivity index (χ0) is 19.1. The topological polar surface area (TPSA) is 91.2 Å². The Morgan fingerprint density at radius 1 is 1.29 bits per heavy atom. The molecule has 8 heteroatoms. The van der Waals surface area contributed by atoms with Crippen LogP contribution in [-0.4, -0.2) is 54.5 Å². The van der Waals surface area contributed by atoms with Crippen molar-refractivity contribution in [2.75, 3.05) is 18.4 Å². The average molecular weight is 375 g/mol. The molecule has 1 saturated heterocycles. The lowest BCUT2D eigenvalue weighted by molar-refractivity contribution is -0.129. The second kappa shape index (κ2) is 6.63. The van der Waals surface area contributed by atoms with Gasteiger partial charge in [-0.2, -0.15) is 10.1 Å². The number of piperidine rings is 1. The summed E-state index contributed by atoms with van der Waals surface area (Å²) >= 11 is 0. The molecular formula is C20H21N7O. The number of pyridine rings is 1. The van der Waals surface area contributed by atoms with Crippen molar-refractivity contribution in [1.82, 2.24) is 29.5 Å². The number of rotatable bonds is 3. The molecule has 2 N–H and O–H groups in total. The van der Waals surface area contributed by atoms with Crippen molar-refractivity contribution < 1.29 is 4.79 Å². The minimum absolute atomic E-state index is 0.143. The third-order valence-electron chi connectivity index (χ3n) is 5.42. The summed E-state index contributed by atoms with van der Waals surface area (Å²) in [6.07, 6.45) is 9.38. The molecule has 4 aromatic heterocycles. The lowest BCUT2D eigenvalue weighted by Crippen LogP contribution is -2.41. The molecule has 8 nitrogen and oxygen atoms in total. The summed E-state index contributed by atoms with van der Waals surface area (Å²) in [6.45, 7) is 3.18. The maximum atomic E-state index is 11.5. The molecule has 1 aliphatic heterocycles. The number of anilines is 1. The Hall–Kier alpha value is -3.42. The van der Waals surface area contributed by atoms with E-state index in [9.17, 15) is 4.79 Å². The number of hydrogen-bond acceptors (Lipinski definition) is 5. The summed E-state index contributed by atoms with van der Waals surface area (Å²) in [5.41, 5.74) is 4.02. The van der Waals surface area contributed by atoms with E-state index >= 15 is 0 Å². The summed E-state index contributed by atoms with van der Waals surface area (Å²) in [4.78, 5) is 25.8. The van der Waals surface area contributed by atoms with Crippen LogP contribution in [0.4, 0.5) is 5.95 Å². The second-order valence-electron chi connectivity index (χ2n) is 7.20. The number of aromatic nitrogens is 5. The van der Waals surface area contributed by atoms with Crippen molar-refractivity contribution in [1.29, 1.82) is 0 Å². The van der Waals surface area contributed by atoms with Crippen LogP contribution >= 0.6 is 0 Å². The van der Waals surface area contributed by atoms with Gasteiger partial charge < -0.3 is 15.2 Å². The third-order valence-corrected chi connectivity index (χ3v) is 5.42. The quantitative estimate of drug-likeness (QED) is 0.574. The molecule has 0 atom stereocenters. The number of aromatic amines is 1. The van der Waals surface area contributed by atoms with E-state index in [0.717, 1.165) is 53.6 Å². The minimum Gasteiger partial charge on any atom is -0.351 e. The molecular weight excluding hydrogens is 354 g/mol. The maximum Gasteiger partial charge on any atom is 0.224 e. The molecule has 5 heterocycles. The number of carbonyl (C=O) groups is 1. The lowest BCUT2D eigenvalue weighted by Gasteiger charge is -2.31. The zero-order valence-corrected chi connectivity index (χ0v) is 15.6. The van der Waals surface area contributed by atoms with E-state index in [2.05, 4.69) is 31.4 Å². The fourth-order valence-corrected chi connectivity index (χ4v) is 3.83. The molecule has 5 rings (SSSR count). The Bertz CT molecular complexity index is 1150. The average Bonchev–Trinajstić information content (AvgIpc) is 3.34. The number of H-pyrrole nitrogens is 1. The van der Waals surface area contributed by atoms with Gasteiger partial charge in [0.15, 0.2) is 0 Å². The van der Waals surface area contributed by atoms with Gasteiger partial charge in [-0.15, -0.1) is 0 Å². The van der Waals surface area contributed by atoms with E-state index in [1.54, 1.807) is 13.1 Å². The molecule has 0 spiro atoms. The second-order valence-corrected chi connectivity index (χ2v) is 7.20. The van der Waals surface area contributed by atoms with Crippen molar-refractivity contribution in [3.8, 4) is 11.1 Å². The van der Waals surface area contributed by atoms with E-state index in [1.165, 1.54) is 0 Å². The highest BCUT2D eigenvalue weighted by molar-refractivity contribution is 5.94. The van der Waals surface area contributed by atoms with E-state index < -0.39 is 0 Å². The number of hydrogen-bond donors (Lipinski definition) is 2.